The van der Waals surface area contributed by atoms with Crippen molar-refractivity contribution in [1.29, 1.82) is 0 Å². The van der Waals surface area contributed by atoms with Crippen LogP contribution in [0.5, 0.6) is 28.7 Å². The molecule has 9 heteroatoms. The van der Waals surface area contributed by atoms with E-state index in [1.54, 1.807) is 42.5 Å². The SMILES string of the molecule is C=CCOc1cc(-c2ccc(OC(=O)C(=C)C)c(OC(=O)C(=C)C)c2)ccc1-c1ccc(OC(=O)C(=C)C)c(OC(=O)C(=C)C)c1. The number of benzene rings is 3. The van der Waals surface area contributed by atoms with Crippen LogP contribution in [0.15, 0.2) is 116 Å². The number of esters is 4. The first kappa shape index (κ1) is 34.5. The molecule has 0 spiro atoms. The average Bonchev–Trinajstić information content (AvgIpc) is 3.01. The Kier molecular flexibility index (Phi) is 11.4. The first-order chi connectivity index (χ1) is 21.7. The molecule has 0 fully saturated rings. The quantitative estimate of drug-likeness (QED) is 0.0827. The number of hydrogen-bond acceptors (Lipinski definition) is 9. The molecular formula is C37H34O9. The van der Waals surface area contributed by atoms with Gasteiger partial charge in [0.15, 0.2) is 23.0 Å². The fourth-order valence-electron chi connectivity index (χ4n) is 3.65. The van der Waals surface area contributed by atoms with Gasteiger partial charge in [0.05, 0.1) is 0 Å². The predicted octanol–water partition coefficient (Wildman–Crippen LogP) is 7.51. The highest BCUT2D eigenvalue weighted by molar-refractivity contribution is 5.93. The van der Waals surface area contributed by atoms with Gasteiger partial charge in [-0.05, 0) is 74.7 Å². The molecule has 46 heavy (non-hydrogen) atoms. The van der Waals surface area contributed by atoms with Crippen LogP contribution >= 0.6 is 0 Å². The first-order valence-electron chi connectivity index (χ1n) is 13.9. The third-order valence-electron chi connectivity index (χ3n) is 6.07. The second-order valence-corrected chi connectivity index (χ2v) is 10.3. The van der Waals surface area contributed by atoms with Crippen molar-refractivity contribution < 1.29 is 42.9 Å². The van der Waals surface area contributed by atoms with Gasteiger partial charge in [0, 0.05) is 27.9 Å². The number of hydrogen-bond donors (Lipinski definition) is 0. The molecule has 3 rings (SSSR count). The van der Waals surface area contributed by atoms with E-state index in [1.165, 1.54) is 45.9 Å². The van der Waals surface area contributed by atoms with E-state index in [1.807, 2.05) is 0 Å². The Labute approximate surface area is 267 Å². The van der Waals surface area contributed by atoms with E-state index in [2.05, 4.69) is 32.9 Å². The van der Waals surface area contributed by atoms with E-state index in [9.17, 15) is 19.2 Å². The van der Waals surface area contributed by atoms with E-state index in [0.717, 1.165) is 0 Å². The third kappa shape index (κ3) is 8.79. The smallest absolute Gasteiger partial charge is 0.338 e. The topological polar surface area (TPSA) is 114 Å². The van der Waals surface area contributed by atoms with Gasteiger partial charge in [-0.2, -0.15) is 0 Å². The van der Waals surface area contributed by atoms with Gasteiger partial charge in [0.25, 0.3) is 0 Å². The molecule has 0 aliphatic rings. The molecule has 0 radical (unpaired) electrons. The molecule has 0 saturated carbocycles. The monoisotopic (exact) mass is 622 g/mol. The summed E-state index contributed by atoms with van der Waals surface area (Å²) in [5.41, 5.74) is 3.08. The molecule has 3 aromatic carbocycles. The van der Waals surface area contributed by atoms with Gasteiger partial charge in [-0.3, -0.25) is 0 Å². The number of carbonyl (C=O) groups is 4. The van der Waals surface area contributed by atoms with Crippen LogP contribution in [0.1, 0.15) is 27.7 Å². The van der Waals surface area contributed by atoms with Gasteiger partial charge in [0.1, 0.15) is 12.4 Å². The van der Waals surface area contributed by atoms with Crippen LogP contribution < -0.4 is 23.7 Å². The van der Waals surface area contributed by atoms with Crippen molar-refractivity contribution in [1.82, 2.24) is 0 Å². The van der Waals surface area contributed by atoms with E-state index in [0.29, 0.717) is 28.0 Å². The summed E-state index contributed by atoms with van der Waals surface area (Å²) in [5.74, 6) is -2.31. The Morgan fingerprint density at radius 2 is 0.870 bits per heavy atom. The normalized spacial score (nSPS) is 10.2. The van der Waals surface area contributed by atoms with Gasteiger partial charge < -0.3 is 23.7 Å². The minimum Gasteiger partial charge on any atom is -0.489 e. The summed E-state index contributed by atoms with van der Waals surface area (Å²) >= 11 is 0. The highest BCUT2D eigenvalue weighted by Gasteiger charge is 2.20. The number of carbonyl (C=O) groups excluding carboxylic acids is 4. The maximum Gasteiger partial charge on any atom is 0.338 e. The summed E-state index contributed by atoms with van der Waals surface area (Å²) in [5, 5.41) is 0. The molecule has 0 heterocycles. The van der Waals surface area contributed by atoms with Crippen molar-refractivity contribution >= 4 is 23.9 Å². The Morgan fingerprint density at radius 1 is 0.522 bits per heavy atom. The van der Waals surface area contributed by atoms with Crippen molar-refractivity contribution in [2.24, 2.45) is 0 Å². The molecular weight excluding hydrogens is 588 g/mol. The summed E-state index contributed by atoms with van der Waals surface area (Å²) < 4.78 is 27.7. The van der Waals surface area contributed by atoms with E-state index >= 15 is 0 Å². The first-order valence-corrected chi connectivity index (χ1v) is 13.9. The molecule has 0 saturated heterocycles. The molecule has 3 aromatic rings. The van der Waals surface area contributed by atoms with E-state index in [4.69, 9.17) is 23.7 Å². The second-order valence-electron chi connectivity index (χ2n) is 10.3. The Bertz CT molecular complexity index is 1790. The lowest BCUT2D eigenvalue weighted by atomic mass is 9.98. The predicted molar refractivity (Wildman–Crippen MR) is 175 cm³/mol. The molecule has 0 aromatic heterocycles. The van der Waals surface area contributed by atoms with Crippen LogP contribution in [0.2, 0.25) is 0 Å². The number of rotatable bonds is 13. The molecule has 0 unspecified atom stereocenters. The van der Waals surface area contributed by atoms with Crippen LogP contribution in [0.25, 0.3) is 22.3 Å². The van der Waals surface area contributed by atoms with Gasteiger partial charge in [-0.15, -0.1) is 0 Å². The summed E-state index contributed by atoms with van der Waals surface area (Å²) in [7, 11) is 0. The third-order valence-corrected chi connectivity index (χ3v) is 6.07. The number of ether oxygens (including phenoxy) is 5. The van der Waals surface area contributed by atoms with E-state index < -0.39 is 23.9 Å². The van der Waals surface area contributed by atoms with Crippen LogP contribution in [0.4, 0.5) is 0 Å². The molecule has 0 bridgehead atoms. The minimum atomic E-state index is -0.705. The zero-order chi connectivity index (χ0) is 34.1. The molecule has 0 aliphatic heterocycles. The zero-order valence-corrected chi connectivity index (χ0v) is 26.2. The Hall–Kier alpha value is -5.96. The van der Waals surface area contributed by atoms with Crippen molar-refractivity contribution in [3.05, 3.63) is 116 Å². The molecule has 0 atom stereocenters. The molecule has 236 valence electrons. The van der Waals surface area contributed by atoms with Gasteiger partial charge in [-0.1, -0.05) is 63.2 Å². The van der Waals surface area contributed by atoms with E-state index in [-0.39, 0.29) is 51.9 Å². The Balaban J connectivity index is 2.13. The maximum atomic E-state index is 12.4. The highest BCUT2D eigenvalue weighted by Crippen LogP contribution is 2.41. The lowest BCUT2D eigenvalue weighted by Gasteiger charge is -2.16. The second kappa shape index (κ2) is 15.2. The van der Waals surface area contributed by atoms with Crippen molar-refractivity contribution in [2.45, 2.75) is 27.7 Å². The molecule has 0 aliphatic carbocycles. The van der Waals surface area contributed by atoms with Crippen molar-refractivity contribution in [2.75, 3.05) is 6.61 Å². The van der Waals surface area contributed by atoms with Gasteiger partial charge in [0.2, 0.25) is 0 Å². The largest absolute Gasteiger partial charge is 0.489 e. The zero-order valence-electron chi connectivity index (χ0n) is 26.2. The summed E-state index contributed by atoms with van der Waals surface area (Å²) in [6.45, 7) is 24.3. The van der Waals surface area contributed by atoms with Crippen molar-refractivity contribution in [3.63, 3.8) is 0 Å². The highest BCUT2D eigenvalue weighted by atomic mass is 16.6. The van der Waals surface area contributed by atoms with Gasteiger partial charge >= 0.3 is 23.9 Å². The lowest BCUT2D eigenvalue weighted by Crippen LogP contribution is -2.13. The average molecular weight is 623 g/mol. The van der Waals surface area contributed by atoms with Crippen LogP contribution in [0, 0.1) is 0 Å². The van der Waals surface area contributed by atoms with Gasteiger partial charge in [-0.25, -0.2) is 19.2 Å². The fraction of sp³-hybridized carbons (Fsp3) is 0.135. The molecule has 9 nitrogen and oxygen atoms in total. The van der Waals surface area contributed by atoms with Crippen molar-refractivity contribution in [3.8, 4) is 51.0 Å². The summed E-state index contributed by atoms with van der Waals surface area (Å²) in [4.78, 5) is 49.2. The molecule has 0 amide bonds. The standard InChI is InChI=1S/C37H34O9/c1-10-17-42-31-18-25(26-12-15-29(43-34(38)21(2)3)32(19-26)45-36(40)23(6)7)11-14-28(31)27-13-16-30(44-35(39)22(4)5)33(20-27)46-37(41)24(8)9/h10-16,18-20H,1-2,4,6,8,17H2,3,5,7,9H3. The van der Waals surface area contributed by atoms with Crippen LogP contribution in [-0.2, 0) is 19.2 Å². The Morgan fingerprint density at radius 3 is 1.28 bits per heavy atom. The fourth-order valence-corrected chi connectivity index (χ4v) is 3.65. The minimum absolute atomic E-state index is 0.00148. The molecule has 0 N–H and O–H groups in total. The summed E-state index contributed by atoms with van der Waals surface area (Å²) in [6.07, 6.45) is 1.58. The maximum absolute atomic E-state index is 12.4. The van der Waals surface area contributed by atoms with Crippen LogP contribution in [0.3, 0.4) is 0 Å². The lowest BCUT2D eigenvalue weighted by molar-refractivity contribution is -0.132. The summed E-state index contributed by atoms with van der Waals surface area (Å²) in [6, 6.07) is 14.8. The van der Waals surface area contributed by atoms with Crippen LogP contribution in [-0.4, -0.2) is 30.5 Å².